The number of halogens is 1. The van der Waals surface area contributed by atoms with Gasteiger partial charge in [0.15, 0.2) is 0 Å². The van der Waals surface area contributed by atoms with Gasteiger partial charge in [-0.3, -0.25) is 0 Å². The van der Waals surface area contributed by atoms with Gasteiger partial charge in [0.25, 0.3) is 0 Å². The Kier molecular flexibility index (Phi) is 2.30. The zero-order valence-electron chi connectivity index (χ0n) is 9.37. The average molecular weight is 221 g/mol. The maximum atomic E-state index is 13.8. The number of aryl methyl sites for hydroxylation is 2. The van der Waals surface area contributed by atoms with Crippen LogP contribution < -0.4 is 0 Å². The first-order chi connectivity index (χ1) is 7.49. The van der Waals surface area contributed by atoms with Gasteiger partial charge >= 0.3 is 11.8 Å². The monoisotopic (exact) mass is 221 g/mol. The molecule has 1 atom stereocenters. The highest BCUT2D eigenvalue weighted by Crippen LogP contribution is 2.36. The van der Waals surface area contributed by atoms with Gasteiger partial charge in [0.2, 0.25) is 0 Å². The zero-order chi connectivity index (χ0) is 11.9. The van der Waals surface area contributed by atoms with E-state index in [-0.39, 0.29) is 5.71 Å². The molecule has 3 nitrogen and oxygen atoms in total. The molecule has 1 heterocycles. The second-order valence-electron chi connectivity index (χ2n) is 3.89. The van der Waals surface area contributed by atoms with Crippen LogP contribution in [0.2, 0.25) is 0 Å². The smallest absolute Gasteiger partial charge is 0.373 e. The van der Waals surface area contributed by atoms with Crippen molar-refractivity contribution in [1.29, 1.82) is 0 Å². The molecule has 0 amide bonds. The minimum atomic E-state index is -2.26. The van der Waals surface area contributed by atoms with Crippen LogP contribution in [0.3, 0.4) is 0 Å². The SMILES string of the molecule is COC(=O)C1(F)N=C1c1ccc(C)cc1C. The molecule has 1 aliphatic rings. The van der Waals surface area contributed by atoms with E-state index in [0.29, 0.717) is 5.56 Å². The Morgan fingerprint density at radius 2 is 2.12 bits per heavy atom. The van der Waals surface area contributed by atoms with Gasteiger partial charge in [-0.15, -0.1) is 0 Å². The number of carbonyl (C=O) groups excluding carboxylic acids is 1. The van der Waals surface area contributed by atoms with E-state index in [9.17, 15) is 9.18 Å². The van der Waals surface area contributed by atoms with Gasteiger partial charge in [-0.05, 0) is 19.4 Å². The number of benzene rings is 1. The van der Waals surface area contributed by atoms with Crippen molar-refractivity contribution in [3.63, 3.8) is 0 Å². The molecular weight excluding hydrogens is 209 g/mol. The number of nitrogens with zero attached hydrogens (tertiary/aromatic N) is 1. The Morgan fingerprint density at radius 1 is 1.44 bits per heavy atom. The number of hydrogen-bond donors (Lipinski definition) is 0. The highest BCUT2D eigenvalue weighted by Gasteiger charge is 2.57. The van der Waals surface area contributed by atoms with Crippen molar-refractivity contribution >= 4 is 11.7 Å². The van der Waals surface area contributed by atoms with E-state index >= 15 is 0 Å². The molecule has 0 N–H and O–H groups in total. The summed E-state index contributed by atoms with van der Waals surface area (Å²) in [6.45, 7) is 3.81. The highest BCUT2D eigenvalue weighted by molar-refractivity contribution is 6.27. The van der Waals surface area contributed by atoms with Crippen LogP contribution in [-0.4, -0.2) is 24.6 Å². The van der Waals surface area contributed by atoms with E-state index in [2.05, 4.69) is 9.73 Å². The number of methoxy groups -OCH3 is 1. The van der Waals surface area contributed by atoms with Gasteiger partial charge in [0, 0.05) is 5.56 Å². The lowest BCUT2D eigenvalue weighted by Crippen LogP contribution is -2.27. The summed E-state index contributed by atoms with van der Waals surface area (Å²) in [6.07, 6.45) is 0. The summed E-state index contributed by atoms with van der Waals surface area (Å²) in [5.41, 5.74) is 2.82. The number of esters is 1. The third kappa shape index (κ3) is 1.50. The molecule has 0 bridgehead atoms. The summed E-state index contributed by atoms with van der Waals surface area (Å²) < 4.78 is 18.2. The number of hydrogen-bond acceptors (Lipinski definition) is 3. The van der Waals surface area contributed by atoms with Crippen molar-refractivity contribution in [1.82, 2.24) is 0 Å². The first-order valence-corrected chi connectivity index (χ1v) is 4.94. The van der Waals surface area contributed by atoms with Crippen LogP contribution in [0.25, 0.3) is 0 Å². The van der Waals surface area contributed by atoms with Crippen molar-refractivity contribution in [3.05, 3.63) is 34.9 Å². The number of aliphatic imine (C=N–C) groups is 1. The Bertz CT molecular complexity index is 496. The lowest BCUT2D eigenvalue weighted by Gasteiger charge is -2.05. The minimum absolute atomic E-state index is 0.164. The molecule has 1 aromatic carbocycles. The zero-order valence-corrected chi connectivity index (χ0v) is 9.37. The van der Waals surface area contributed by atoms with Crippen molar-refractivity contribution in [3.8, 4) is 0 Å². The molecule has 84 valence electrons. The van der Waals surface area contributed by atoms with Gasteiger partial charge in [0.05, 0.1) is 7.11 Å². The Labute approximate surface area is 93.0 Å². The van der Waals surface area contributed by atoms with Gasteiger partial charge in [-0.2, -0.15) is 4.39 Å². The van der Waals surface area contributed by atoms with Crippen LogP contribution in [-0.2, 0) is 9.53 Å². The predicted octanol–water partition coefficient (Wildman–Crippen LogP) is 1.94. The summed E-state index contributed by atoms with van der Waals surface area (Å²) in [7, 11) is 1.15. The fourth-order valence-electron chi connectivity index (χ4n) is 1.72. The molecule has 0 aliphatic carbocycles. The molecule has 0 saturated carbocycles. The quantitative estimate of drug-likeness (QED) is 0.565. The van der Waals surface area contributed by atoms with Crippen LogP contribution in [0, 0.1) is 13.8 Å². The lowest BCUT2D eigenvalue weighted by atomic mass is 10.0. The maximum absolute atomic E-state index is 13.8. The van der Waals surface area contributed by atoms with Crippen molar-refractivity contribution in [2.24, 2.45) is 4.99 Å². The Hall–Kier alpha value is -1.71. The number of alkyl halides is 1. The fourth-order valence-corrected chi connectivity index (χ4v) is 1.72. The van der Waals surface area contributed by atoms with Gasteiger partial charge in [-0.25, -0.2) is 9.79 Å². The number of carbonyl (C=O) groups is 1. The molecule has 4 heteroatoms. The molecule has 0 spiro atoms. The van der Waals surface area contributed by atoms with Crippen molar-refractivity contribution in [2.75, 3.05) is 7.11 Å². The highest BCUT2D eigenvalue weighted by atomic mass is 19.1. The second-order valence-corrected chi connectivity index (χ2v) is 3.89. The molecule has 16 heavy (non-hydrogen) atoms. The first kappa shape index (κ1) is 10.8. The maximum Gasteiger partial charge on any atom is 0.373 e. The van der Waals surface area contributed by atoms with E-state index in [1.807, 2.05) is 26.0 Å². The summed E-state index contributed by atoms with van der Waals surface area (Å²) >= 11 is 0. The molecule has 1 aromatic rings. The van der Waals surface area contributed by atoms with Crippen LogP contribution in [0.15, 0.2) is 23.2 Å². The number of ether oxygens (including phenoxy) is 1. The van der Waals surface area contributed by atoms with E-state index in [0.717, 1.165) is 18.2 Å². The van der Waals surface area contributed by atoms with E-state index in [1.165, 1.54) is 0 Å². The predicted molar refractivity (Wildman–Crippen MR) is 58.3 cm³/mol. The summed E-state index contributed by atoms with van der Waals surface area (Å²) in [5.74, 6) is -3.21. The van der Waals surface area contributed by atoms with Gasteiger partial charge in [-0.1, -0.05) is 23.8 Å². The van der Waals surface area contributed by atoms with Crippen molar-refractivity contribution < 1.29 is 13.9 Å². The van der Waals surface area contributed by atoms with Gasteiger partial charge < -0.3 is 4.74 Å². The topological polar surface area (TPSA) is 38.7 Å². The lowest BCUT2D eigenvalue weighted by molar-refractivity contribution is -0.147. The molecular formula is C12H12FNO2. The van der Waals surface area contributed by atoms with Crippen LogP contribution in [0.4, 0.5) is 4.39 Å². The van der Waals surface area contributed by atoms with Crippen LogP contribution in [0.5, 0.6) is 0 Å². The molecule has 2 rings (SSSR count). The summed E-state index contributed by atoms with van der Waals surface area (Å²) in [4.78, 5) is 14.7. The Balaban J connectivity index is 2.30. The fraction of sp³-hybridized carbons (Fsp3) is 0.333. The Morgan fingerprint density at radius 3 is 2.69 bits per heavy atom. The first-order valence-electron chi connectivity index (χ1n) is 4.94. The van der Waals surface area contributed by atoms with E-state index in [4.69, 9.17) is 0 Å². The molecule has 0 saturated heterocycles. The van der Waals surface area contributed by atoms with Crippen LogP contribution >= 0.6 is 0 Å². The van der Waals surface area contributed by atoms with Crippen LogP contribution in [0.1, 0.15) is 16.7 Å². The second kappa shape index (κ2) is 3.40. The third-order valence-corrected chi connectivity index (χ3v) is 2.62. The van der Waals surface area contributed by atoms with Crippen molar-refractivity contribution in [2.45, 2.75) is 19.6 Å². The van der Waals surface area contributed by atoms with Gasteiger partial charge in [0.1, 0.15) is 5.71 Å². The molecule has 1 unspecified atom stereocenters. The average Bonchev–Trinajstić information content (AvgIpc) is 2.91. The summed E-state index contributed by atoms with van der Waals surface area (Å²) in [6, 6.07) is 5.56. The molecule has 1 aliphatic heterocycles. The standard InChI is InChI=1S/C12H12FNO2/c1-7-4-5-9(8(2)6-7)10-12(13,14-10)11(15)16-3/h4-6H,1-3H3. The summed E-state index contributed by atoms with van der Waals surface area (Å²) in [5, 5.41) is 0. The van der Waals surface area contributed by atoms with E-state index in [1.54, 1.807) is 6.07 Å². The van der Waals surface area contributed by atoms with E-state index < -0.39 is 11.8 Å². The number of rotatable bonds is 2. The normalized spacial score (nSPS) is 22.6. The third-order valence-electron chi connectivity index (χ3n) is 2.62. The molecule has 0 fully saturated rings. The molecule has 0 radical (unpaired) electrons. The largest absolute Gasteiger partial charge is 0.465 e. The minimum Gasteiger partial charge on any atom is -0.465 e. The molecule has 0 aromatic heterocycles.